The number of hydrogen-bond acceptors (Lipinski definition) is 3. The second kappa shape index (κ2) is 7.92. The molecule has 5 heteroatoms. The molecular weight excluding hydrogens is 306 g/mol. The third-order valence-electron chi connectivity index (χ3n) is 3.43. The molecule has 0 aromatic heterocycles. The predicted octanol–water partition coefficient (Wildman–Crippen LogP) is 3.84. The van der Waals surface area contributed by atoms with Gasteiger partial charge in [0.25, 0.3) is 0 Å². The zero-order chi connectivity index (χ0) is 16.8. The van der Waals surface area contributed by atoms with Gasteiger partial charge < -0.3 is 10.1 Å². The summed E-state index contributed by atoms with van der Waals surface area (Å²) in [4.78, 5) is 0. The molecule has 2 rings (SSSR count). The van der Waals surface area contributed by atoms with Crippen molar-refractivity contribution in [2.75, 3.05) is 7.11 Å². The van der Waals surface area contributed by atoms with Crippen LogP contribution < -0.4 is 15.5 Å². The Kier molecular flexibility index (Phi) is 5.93. The van der Waals surface area contributed by atoms with Crippen LogP contribution in [0.15, 0.2) is 41.5 Å². The number of nitrogens with zero attached hydrogens (tertiary/aromatic N) is 1. The van der Waals surface area contributed by atoms with E-state index in [9.17, 15) is 0 Å². The highest BCUT2D eigenvalue weighted by Gasteiger charge is 2.05. The largest absolute Gasteiger partial charge is 0.497 e. The smallest absolute Gasteiger partial charge is 0.187 e. The molecule has 4 nitrogen and oxygen atoms in total. The molecule has 0 aliphatic rings. The summed E-state index contributed by atoms with van der Waals surface area (Å²) >= 11 is 5.21. The normalized spacial score (nSPS) is 11.6. The van der Waals surface area contributed by atoms with Gasteiger partial charge in [0.1, 0.15) is 5.75 Å². The predicted molar refractivity (Wildman–Crippen MR) is 101 cm³/mol. The van der Waals surface area contributed by atoms with Gasteiger partial charge in [-0.25, -0.2) is 0 Å². The quantitative estimate of drug-likeness (QED) is 0.497. The van der Waals surface area contributed by atoms with Crippen LogP contribution in [0.5, 0.6) is 5.75 Å². The molecule has 23 heavy (non-hydrogen) atoms. The first-order valence-electron chi connectivity index (χ1n) is 7.74. The number of benzene rings is 2. The summed E-state index contributed by atoms with van der Waals surface area (Å²) in [5.74, 6) is 0.862. The van der Waals surface area contributed by atoms with Gasteiger partial charge in [-0.15, -0.1) is 0 Å². The highest BCUT2D eigenvalue weighted by atomic mass is 32.1. The van der Waals surface area contributed by atoms with Gasteiger partial charge in [-0.2, -0.15) is 5.10 Å². The van der Waals surface area contributed by atoms with Crippen LogP contribution in [0.25, 0.3) is 10.8 Å². The highest BCUT2D eigenvalue weighted by molar-refractivity contribution is 7.80. The van der Waals surface area contributed by atoms with Gasteiger partial charge in [0.15, 0.2) is 5.11 Å². The molecule has 0 bridgehead atoms. The van der Waals surface area contributed by atoms with Crippen molar-refractivity contribution in [3.63, 3.8) is 0 Å². The lowest BCUT2D eigenvalue weighted by Gasteiger charge is -2.12. The molecule has 0 fully saturated rings. The summed E-state index contributed by atoms with van der Waals surface area (Å²) in [6, 6.07) is 12.6. The fourth-order valence-electron chi connectivity index (χ4n) is 2.29. The van der Waals surface area contributed by atoms with Crippen molar-refractivity contribution >= 4 is 33.8 Å². The van der Waals surface area contributed by atoms with Crippen molar-refractivity contribution in [1.82, 2.24) is 10.7 Å². The molecule has 0 spiro atoms. The Morgan fingerprint density at radius 3 is 2.52 bits per heavy atom. The first kappa shape index (κ1) is 17.2. The number of ether oxygens (including phenoxy) is 1. The second-order valence-electron chi connectivity index (χ2n) is 5.58. The van der Waals surface area contributed by atoms with Gasteiger partial charge in [-0.1, -0.05) is 25.1 Å². The first-order chi connectivity index (χ1) is 11.0. The Balaban J connectivity index is 2.23. The minimum Gasteiger partial charge on any atom is -0.497 e. The minimum absolute atomic E-state index is 0.283. The molecule has 0 heterocycles. The zero-order valence-corrected chi connectivity index (χ0v) is 14.8. The summed E-state index contributed by atoms with van der Waals surface area (Å²) < 4.78 is 5.26. The van der Waals surface area contributed by atoms with E-state index in [1.54, 1.807) is 7.11 Å². The molecule has 2 aromatic rings. The maximum absolute atomic E-state index is 5.26. The number of methoxy groups -OCH3 is 1. The number of hydrogen-bond donors (Lipinski definition) is 2. The SMILES string of the molecule is CC/C(=N/NC(=S)NC(C)C)c1ccc2cc(OC)ccc2c1. The van der Waals surface area contributed by atoms with Crippen molar-refractivity contribution in [2.24, 2.45) is 5.10 Å². The third-order valence-corrected chi connectivity index (χ3v) is 3.64. The van der Waals surface area contributed by atoms with Crippen molar-refractivity contribution in [3.05, 3.63) is 42.0 Å². The topological polar surface area (TPSA) is 45.7 Å². The van der Waals surface area contributed by atoms with Crippen LogP contribution >= 0.6 is 12.2 Å². The van der Waals surface area contributed by atoms with E-state index in [0.29, 0.717) is 5.11 Å². The summed E-state index contributed by atoms with van der Waals surface area (Å²) in [5.41, 5.74) is 4.97. The zero-order valence-electron chi connectivity index (χ0n) is 14.0. The van der Waals surface area contributed by atoms with Crippen LogP contribution in [-0.4, -0.2) is 24.0 Å². The van der Waals surface area contributed by atoms with Crippen LogP contribution in [0.4, 0.5) is 0 Å². The lowest BCUT2D eigenvalue weighted by atomic mass is 10.0. The molecule has 2 N–H and O–H groups in total. The van der Waals surface area contributed by atoms with Gasteiger partial charge in [-0.3, -0.25) is 5.43 Å². The number of fused-ring (bicyclic) bond motifs is 1. The molecule has 0 saturated carbocycles. The van der Waals surface area contributed by atoms with Crippen molar-refractivity contribution in [3.8, 4) is 5.75 Å². The van der Waals surface area contributed by atoms with E-state index in [0.717, 1.165) is 34.2 Å². The van der Waals surface area contributed by atoms with Gasteiger partial charge in [-0.05, 0) is 67.0 Å². The lowest BCUT2D eigenvalue weighted by Crippen LogP contribution is -2.37. The maximum Gasteiger partial charge on any atom is 0.187 e. The standard InChI is InChI=1S/C18H23N3OS/c1-5-17(20-21-18(23)19-12(2)3)15-7-6-14-11-16(22-4)9-8-13(14)10-15/h6-12H,5H2,1-4H3,(H2,19,21,23)/b20-17-. The Labute approximate surface area is 142 Å². The summed E-state index contributed by atoms with van der Waals surface area (Å²) in [5, 5.41) is 10.4. The number of hydrazone groups is 1. The molecule has 2 aromatic carbocycles. The molecule has 0 atom stereocenters. The summed E-state index contributed by atoms with van der Waals surface area (Å²) in [6.45, 7) is 6.16. The Morgan fingerprint density at radius 2 is 1.87 bits per heavy atom. The van der Waals surface area contributed by atoms with Crippen LogP contribution in [-0.2, 0) is 0 Å². The van der Waals surface area contributed by atoms with Crippen molar-refractivity contribution in [2.45, 2.75) is 33.2 Å². The average molecular weight is 329 g/mol. The Hall–Kier alpha value is -2.14. The fourth-order valence-corrected chi connectivity index (χ4v) is 2.57. The monoisotopic (exact) mass is 329 g/mol. The summed E-state index contributed by atoms with van der Waals surface area (Å²) in [7, 11) is 1.68. The molecular formula is C18H23N3OS. The highest BCUT2D eigenvalue weighted by Crippen LogP contribution is 2.22. The number of thiocarbonyl (C=S) groups is 1. The van der Waals surface area contributed by atoms with Gasteiger partial charge >= 0.3 is 0 Å². The number of nitrogens with one attached hydrogen (secondary N) is 2. The minimum atomic E-state index is 0.283. The van der Waals surface area contributed by atoms with E-state index >= 15 is 0 Å². The van der Waals surface area contributed by atoms with Crippen LogP contribution in [0.2, 0.25) is 0 Å². The second-order valence-corrected chi connectivity index (χ2v) is 5.99. The van der Waals surface area contributed by atoms with E-state index in [2.05, 4.69) is 47.0 Å². The van der Waals surface area contributed by atoms with Crippen LogP contribution in [0.1, 0.15) is 32.8 Å². The van der Waals surface area contributed by atoms with Gasteiger partial charge in [0.05, 0.1) is 12.8 Å². The van der Waals surface area contributed by atoms with Crippen molar-refractivity contribution < 1.29 is 4.74 Å². The van der Waals surface area contributed by atoms with E-state index in [1.807, 2.05) is 26.0 Å². The molecule has 0 saturated heterocycles. The van der Waals surface area contributed by atoms with E-state index in [-0.39, 0.29) is 6.04 Å². The molecule has 0 aliphatic carbocycles. The van der Waals surface area contributed by atoms with E-state index in [1.165, 1.54) is 0 Å². The van der Waals surface area contributed by atoms with Crippen LogP contribution in [0, 0.1) is 0 Å². The molecule has 0 radical (unpaired) electrons. The van der Waals surface area contributed by atoms with Crippen molar-refractivity contribution in [1.29, 1.82) is 0 Å². The Bertz CT molecular complexity index is 725. The molecule has 0 unspecified atom stereocenters. The average Bonchev–Trinajstić information content (AvgIpc) is 2.54. The Morgan fingerprint density at radius 1 is 1.17 bits per heavy atom. The van der Waals surface area contributed by atoms with Gasteiger partial charge in [0, 0.05) is 6.04 Å². The molecule has 0 amide bonds. The third kappa shape index (κ3) is 4.66. The molecule has 0 aliphatic heterocycles. The number of rotatable bonds is 5. The van der Waals surface area contributed by atoms with Gasteiger partial charge in [0.2, 0.25) is 0 Å². The first-order valence-corrected chi connectivity index (χ1v) is 8.15. The molecule has 122 valence electrons. The maximum atomic E-state index is 5.26. The van der Waals surface area contributed by atoms with E-state index in [4.69, 9.17) is 17.0 Å². The summed E-state index contributed by atoms with van der Waals surface area (Å²) in [6.07, 6.45) is 0.818. The van der Waals surface area contributed by atoms with Crippen LogP contribution in [0.3, 0.4) is 0 Å². The van der Waals surface area contributed by atoms with E-state index < -0.39 is 0 Å². The fraction of sp³-hybridized carbons (Fsp3) is 0.333. The lowest BCUT2D eigenvalue weighted by molar-refractivity contribution is 0.415.